The summed E-state index contributed by atoms with van der Waals surface area (Å²) in [6.07, 6.45) is 10.6. The van der Waals surface area contributed by atoms with Crippen LogP contribution in [0.1, 0.15) is 84.0 Å². The number of hydrogen-bond donors (Lipinski definition) is 2. The van der Waals surface area contributed by atoms with Crippen molar-refractivity contribution in [3.05, 3.63) is 0 Å². The zero-order valence-corrected chi connectivity index (χ0v) is 13.8. The molecule has 0 radical (unpaired) electrons. The predicted molar refractivity (Wildman–Crippen MR) is 86.7 cm³/mol. The Bertz CT molecular complexity index is 344. The molecule has 5 nitrogen and oxygen atoms in total. The van der Waals surface area contributed by atoms with Gasteiger partial charge < -0.3 is 15.6 Å². The van der Waals surface area contributed by atoms with Gasteiger partial charge in [-0.25, -0.2) is 0 Å². The molecule has 5 heteroatoms. The monoisotopic (exact) mass is 313 g/mol. The average Bonchev–Trinajstić information content (AvgIpc) is 2.50. The lowest BCUT2D eigenvalue weighted by atomic mass is 9.88. The number of rotatable bonds is 15. The molecule has 22 heavy (non-hydrogen) atoms. The molecule has 0 aromatic heterocycles. The van der Waals surface area contributed by atoms with Gasteiger partial charge in [0.1, 0.15) is 11.8 Å². The fourth-order valence-electron chi connectivity index (χ4n) is 2.41. The number of aldehydes is 1. The van der Waals surface area contributed by atoms with Gasteiger partial charge in [0, 0.05) is 12.8 Å². The largest absolute Gasteiger partial charge is 0.481 e. The van der Waals surface area contributed by atoms with E-state index in [4.69, 9.17) is 10.8 Å². The second kappa shape index (κ2) is 12.3. The lowest BCUT2D eigenvalue weighted by molar-refractivity contribution is -0.137. The summed E-state index contributed by atoms with van der Waals surface area (Å²) in [7, 11) is 0. The maximum atomic E-state index is 12.0. The van der Waals surface area contributed by atoms with Crippen molar-refractivity contribution in [3.8, 4) is 0 Å². The summed E-state index contributed by atoms with van der Waals surface area (Å²) < 4.78 is 0. The summed E-state index contributed by atoms with van der Waals surface area (Å²) in [5.74, 6) is -1.39. The number of carboxylic acid groups (broad SMARTS) is 1. The molecular weight excluding hydrogens is 282 g/mol. The van der Waals surface area contributed by atoms with E-state index in [0.717, 1.165) is 12.8 Å². The van der Waals surface area contributed by atoms with Gasteiger partial charge in [-0.3, -0.25) is 9.59 Å². The predicted octanol–water partition coefficient (Wildman–Crippen LogP) is 3.24. The number of unbranched alkanes of at least 4 members (excludes halogenated alkanes) is 8. The van der Waals surface area contributed by atoms with Crippen molar-refractivity contribution in [1.82, 2.24) is 0 Å². The second-order valence-electron chi connectivity index (χ2n) is 6.05. The van der Waals surface area contributed by atoms with Gasteiger partial charge in [0.25, 0.3) is 0 Å². The third-order valence-electron chi connectivity index (χ3n) is 3.99. The van der Waals surface area contributed by atoms with Gasteiger partial charge in [0.2, 0.25) is 0 Å². The molecule has 0 aliphatic rings. The lowest BCUT2D eigenvalue weighted by Crippen LogP contribution is -2.49. The fourth-order valence-corrected chi connectivity index (χ4v) is 2.41. The molecule has 0 rings (SSSR count). The molecule has 0 fully saturated rings. The van der Waals surface area contributed by atoms with Crippen LogP contribution in [0, 0.1) is 0 Å². The highest BCUT2D eigenvalue weighted by molar-refractivity contribution is 6.02. The highest BCUT2D eigenvalue weighted by atomic mass is 16.4. The Labute approximate surface area is 133 Å². The van der Waals surface area contributed by atoms with Gasteiger partial charge in [-0.1, -0.05) is 58.3 Å². The third-order valence-corrected chi connectivity index (χ3v) is 3.99. The molecule has 0 saturated carbocycles. The molecule has 0 aliphatic heterocycles. The van der Waals surface area contributed by atoms with Crippen molar-refractivity contribution < 1.29 is 19.5 Å². The first-order valence-corrected chi connectivity index (χ1v) is 8.46. The van der Waals surface area contributed by atoms with Gasteiger partial charge in [-0.2, -0.15) is 0 Å². The maximum Gasteiger partial charge on any atom is 0.303 e. The molecule has 3 N–H and O–H groups in total. The molecule has 0 spiro atoms. The summed E-state index contributed by atoms with van der Waals surface area (Å²) >= 11 is 0. The summed E-state index contributed by atoms with van der Waals surface area (Å²) in [5.41, 5.74) is 4.09. The lowest BCUT2D eigenvalue weighted by Gasteiger charge is -2.20. The quantitative estimate of drug-likeness (QED) is 0.275. The van der Waals surface area contributed by atoms with E-state index in [2.05, 4.69) is 6.92 Å². The number of hydrogen-bond acceptors (Lipinski definition) is 4. The van der Waals surface area contributed by atoms with Crippen LogP contribution < -0.4 is 5.73 Å². The Kier molecular flexibility index (Phi) is 11.6. The van der Waals surface area contributed by atoms with E-state index in [1.54, 1.807) is 0 Å². The smallest absolute Gasteiger partial charge is 0.303 e. The highest BCUT2D eigenvalue weighted by Crippen LogP contribution is 2.15. The molecule has 1 atom stereocenters. The molecule has 0 saturated heterocycles. The minimum atomic E-state index is -1.63. The summed E-state index contributed by atoms with van der Waals surface area (Å²) in [6, 6.07) is 0. The number of ketones is 1. The first-order chi connectivity index (χ1) is 10.5. The fraction of sp³-hybridized carbons (Fsp3) is 0.824. The van der Waals surface area contributed by atoms with Gasteiger partial charge in [0.15, 0.2) is 5.78 Å². The van der Waals surface area contributed by atoms with Crippen molar-refractivity contribution in [3.63, 3.8) is 0 Å². The van der Waals surface area contributed by atoms with E-state index in [9.17, 15) is 14.4 Å². The molecule has 0 aromatic carbocycles. The van der Waals surface area contributed by atoms with E-state index in [0.29, 0.717) is 12.7 Å². The summed E-state index contributed by atoms with van der Waals surface area (Å²) in [4.78, 5) is 33.5. The van der Waals surface area contributed by atoms with E-state index in [1.807, 2.05) is 0 Å². The van der Waals surface area contributed by atoms with Crippen LogP contribution in [-0.2, 0) is 14.4 Å². The first-order valence-electron chi connectivity index (χ1n) is 8.46. The van der Waals surface area contributed by atoms with E-state index in [-0.39, 0.29) is 25.0 Å². The van der Waals surface area contributed by atoms with Crippen LogP contribution in [0.15, 0.2) is 0 Å². The third kappa shape index (κ3) is 9.66. The van der Waals surface area contributed by atoms with Gasteiger partial charge in [-0.05, 0) is 12.8 Å². The number of nitrogens with two attached hydrogens (primary N) is 1. The number of Topliss-reactive ketones (excluding diaryl/α,β-unsaturated/α-hetero) is 1. The average molecular weight is 313 g/mol. The van der Waals surface area contributed by atoms with Crippen LogP contribution in [0.3, 0.4) is 0 Å². The van der Waals surface area contributed by atoms with Crippen LogP contribution in [-0.4, -0.2) is 28.7 Å². The van der Waals surface area contributed by atoms with Crippen LogP contribution in [0.4, 0.5) is 0 Å². The van der Waals surface area contributed by atoms with Crippen molar-refractivity contribution in [2.24, 2.45) is 5.73 Å². The Balaban J connectivity index is 3.77. The van der Waals surface area contributed by atoms with Crippen LogP contribution in [0.5, 0.6) is 0 Å². The van der Waals surface area contributed by atoms with Crippen molar-refractivity contribution in [2.75, 3.05) is 0 Å². The standard InChI is InChI=1S/C17H31NO4/c1-2-3-4-5-6-7-8-9-10-11-15(20)17(18,14-19)13-12-16(21)22/h14H,2-13,18H2,1H3,(H,21,22)/t17-/m0/s1. The van der Waals surface area contributed by atoms with Gasteiger partial charge in [-0.15, -0.1) is 0 Å². The first kappa shape index (κ1) is 20.8. The van der Waals surface area contributed by atoms with Crippen LogP contribution in [0.2, 0.25) is 0 Å². The minimum Gasteiger partial charge on any atom is -0.481 e. The van der Waals surface area contributed by atoms with E-state index >= 15 is 0 Å². The van der Waals surface area contributed by atoms with Gasteiger partial charge >= 0.3 is 5.97 Å². The van der Waals surface area contributed by atoms with E-state index < -0.39 is 11.5 Å². The van der Waals surface area contributed by atoms with Crippen molar-refractivity contribution >= 4 is 18.0 Å². The molecule has 0 aromatic rings. The molecule has 0 aliphatic carbocycles. The van der Waals surface area contributed by atoms with E-state index in [1.165, 1.54) is 38.5 Å². The topological polar surface area (TPSA) is 97.5 Å². The molecule has 128 valence electrons. The highest BCUT2D eigenvalue weighted by Gasteiger charge is 2.33. The molecule has 0 unspecified atom stereocenters. The molecule has 0 amide bonds. The normalized spacial score (nSPS) is 13.5. The van der Waals surface area contributed by atoms with Crippen molar-refractivity contribution in [2.45, 2.75) is 89.5 Å². The summed E-state index contributed by atoms with van der Waals surface area (Å²) in [6.45, 7) is 2.20. The SMILES string of the molecule is CCCCCCCCCCCC(=O)[C@@](N)(C=O)CCC(=O)O. The Hall–Kier alpha value is -1.23. The number of aliphatic carboxylic acids is 1. The summed E-state index contributed by atoms with van der Waals surface area (Å²) in [5, 5.41) is 8.62. The Morgan fingerprint density at radius 3 is 1.91 bits per heavy atom. The number of carbonyl (C=O) groups excluding carboxylic acids is 2. The van der Waals surface area contributed by atoms with Crippen LogP contribution >= 0.6 is 0 Å². The number of carbonyl (C=O) groups is 3. The molecule has 0 heterocycles. The second-order valence-corrected chi connectivity index (χ2v) is 6.05. The number of carboxylic acids is 1. The molecule has 0 bridgehead atoms. The molecular formula is C17H31NO4. The van der Waals surface area contributed by atoms with Gasteiger partial charge in [0.05, 0.1) is 0 Å². The van der Waals surface area contributed by atoms with Crippen molar-refractivity contribution in [1.29, 1.82) is 0 Å². The zero-order chi connectivity index (χ0) is 16.8. The Morgan fingerprint density at radius 2 is 1.45 bits per heavy atom. The zero-order valence-electron chi connectivity index (χ0n) is 13.8. The maximum absolute atomic E-state index is 12.0. The Morgan fingerprint density at radius 1 is 0.955 bits per heavy atom. The van der Waals surface area contributed by atoms with Crippen LogP contribution in [0.25, 0.3) is 0 Å². The minimum absolute atomic E-state index is 0.123.